The van der Waals surface area contributed by atoms with E-state index in [2.05, 4.69) is 11.4 Å². The maximum absolute atomic E-state index is 12.4. The number of rotatable bonds is 2. The van der Waals surface area contributed by atoms with E-state index in [-0.39, 0.29) is 11.8 Å². The van der Waals surface area contributed by atoms with Crippen molar-refractivity contribution in [3.05, 3.63) is 29.3 Å². The lowest BCUT2D eigenvalue weighted by molar-refractivity contribution is 0.0947. The molecule has 1 unspecified atom stereocenters. The molecular formula is C14H17NO2. The topological polar surface area (TPSA) is 38.3 Å². The summed E-state index contributed by atoms with van der Waals surface area (Å²) in [4.78, 5) is 12.4. The van der Waals surface area contributed by atoms with Crippen LogP contribution in [0.5, 0.6) is 5.75 Å². The van der Waals surface area contributed by atoms with E-state index in [9.17, 15) is 4.79 Å². The average Bonchev–Trinajstić information content (AvgIpc) is 2.91. The van der Waals surface area contributed by atoms with Crippen LogP contribution < -0.4 is 10.1 Å². The van der Waals surface area contributed by atoms with E-state index < -0.39 is 0 Å². The summed E-state index contributed by atoms with van der Waals surface area (Å²) in [5.74, 6) is 1.03. The van der Waals surface area contributed by atoms with Crippen molar-refractivity contribution in [2.45, 2.75) is 31.7 Å². The van der Waals surface area contributed by atoms with Gasteiger partial charge in [0.15, 0.2) is 5.78 Å². The Balaban J connectivity index is 1.94. The van der Waals surface area contributed by atoms with Crippen LogP contribution in [0.25, 0.3) is 0 Å². The summed E-state index contributed by atoms with van der Waals surface area (Å²) in [6.07, 6.45) is 4.11. The molecule has 3 heteroatoms. The van der Waals surface area contributed by atoms with E-state index in [1.807, 2.05) is 12.1 Å². The predicted molar refractivity (Wildman–Crippen MR) is 65.6 cm³/mol. The van der Waals surface area contributed by atoms with Gasteiger partial charge in [0.25, 0.3) is 0 Å². The van der Waals surface area contributed by atoms with Crippen molar-refractivity contribution < 1.29 is 9.53 Å². The van der Waals surface area contributed by atoms with Crippen LogP contribution in [0.1, 0.15) is 35.2 Å². The first kappa shape index (κ1) is 10.8. The molecule has 17 heavy (non-hydrogen) atoms. The highest BCUT2D eigenvalue weighted by Gasteiger charge is 2.27. The number of carbonyl (C=O) groups is 1. The van der Waals surface area contributed by atoms with Gasteiger partial charge in [-0.05, 0) is 43.9 Å². The Morgan fingerprint density at radius 3 is 3.12 bits per heavy atom. The van der Waals surface area contributed by atoms with Crippen molar-refractivity contribution in [3.63, 3.8) is 0 Å². The first-order chi connectivity index (χ1) is 8.36. The third kappa shape index (κ3) is 1.95. The second kappa shape index (κ2) is 4.49. The summed E-state index contributed by atoms with van der Waals surface area (Å²) >= 11 is 0. The average molecular weight is 231 g/mol. The quantitative estimate of drug-likeness (QED) is 0.791. The molecule has 1 saturated heterocycles. The predicted octanol–water partition coefficient (Wildman–Crippen LogP) is 1.95. The number of carbonyl (C=O) groups excluding carboxylic acids is 1. The fourth-order valence-corrected chi connectivity index (χ4v) is 2.68. The maximum atomic E-state index is 12.4. The Morgan fingerprint density at radius 1 is 1.35 bits per heavy atom. The fourth-order valence-electron chi connectivity index (χ4n) is 2.68. The summed E-state index contributed by atoms with van der Waals surface area (Å²) in [5, 5.41) is 3.26. The number of aryl methyl sites for hydroxylation is 1. The third-order valence-electron chi connectivity index (χ3n) is 3.58. The Bertz CT molecular complexity index is 436. The first-order valence-electron chi connectivity index (χ1n) is 6.38. The van der Waals surface area contributed by atoms with Crippen LogP contribution >= 0.6 is 0 Å². The Hall–Kier alpha value is -1.35. The molecule has 2 aliphatic rings. The van der Waals surface area contributed by atoms with Gasteiger partial charge in [0.1, 0.15) is 5.75 Å². The van der Waals surface area contributed by atoms with Crippen LogP contribution in [0.15, 0.2) is 18.2 Å². The summed E-state index contributed by atoms with van der Waals surface area (Å²) in [7, 11) is 0. The second-order valence-electron chi connectivity index (χ2n) is 4.76. The van der Waals surface area contributed by atoms with Crippen LogP contribution in [0.2, 0.25) is 0 Å². The molecule has 0 radical (unpaired) electrons. The third-order valence-corrected chi connectivity index (χ3v) is 3.58. The number of Topliss-reactive ketones (excluding diaryl/α,β-unsaturated/α-hetero) is 1. The molecule has 2 heterocycles. The van der Waals surface area contributed by atoms with Crippen molar-refractivity contribution in [2.24, 2.45) is 0 Å². The van der Waals surface area contributed by atoms with Crippen LogP contribution in [0.3, 0.4) is 0 Å². The number of ketones is 1. The molecule has 0 spiro atoms. The van der Waals surface area contributed by atoms with Crippen molar-refractivity contribution in [3.8, 4) is 5.75 Å². The number of ether oxygens (including phenoxy) is 1. The van der Waals surface area contributed by atoms with Gasteiger partial charge in [-0.15, -0.1) is 0 Å². The number of fused-ring (bicyclic) bond motifs is 1. The second-order valence-corrected chi connectivity index (χ2v) is 4.76. The molecule has 1 fully saturated rings. The summed E-state index contributed by atoms with van der Waals surface area (Å²) in [5.41, 5.74) is 1.95. The minimum absolute atomic E-state index is 0.00738. The van der Waals surface area contributed by atoms with Gasteiger partial charge < -0.3 is 10.1 Å². The molecule has 0 aromatic heterocycles. The van der Waals surface area contributed by atoms with Crippen molar-refractivity contribution in [2.75, 3.05) is 13.2 Å². The number of benzene rings is 1. The molecule has 1 atom stereocenters. The molecule has 3 rings (SSSR count). The molecule has 0 amide bonds. The van der Waals surface area contributed by atoms with E-state index in [4.69, 9.17) is 4.74 Å². The Kier molecular flexibility index (Phi) is 2.85. The Morgan fingerprint density at radius 2 is 2.29 bits per heavy atom. The van der Waals surface area contributed by atoms with Gasteiger partial charge in [-0.2, -0.15) is 0 Å². The molecule has 90 valence electrons. The summed E-state index contributed by atoms with van der Waals surface area (Å²) in [6, 6.07) is 5.92. The molecule has 1 aromatic rings. The van der Waals surface area contributed by atoms with Gasteiger partial charge >= 0.3 is 0 Å². The van der Waals surface area contributed by atoms with E-state index in [0.29, 0.717) is 0 Å². The highest BCUT2D eigenvalue weighted by molar-refractivity contribution is 6.03. The summed E-state index contributed by atoms with van der Waals surface area (Å²) < 4.78 is 5.69. The monoisotopic (exact) mass is 231 g/mol. The van der Waals surface area contributed by atoms with Crippen molar-refractivity contribution in [1.29, 1.82) is 0 Å². The van der Waals surface area contributed by atoms with Gasteiger partial charge in [-0.1, -0.05) is 12.1 Å². The number of nitrogens with one attached hydrogen (secondary N) is 1. The molecule has 0 saturated carbocycles. The zero-order valence-electron chi connectivity index (χ0n) is 9.87. The minimum Gasteiger partial charge on any atom is -0.493 e. The molecule has 3 nitrogen and oxygen atoms in total. The summed E-state index contributed by atoms with van der Waals surface area (Å²) in [6.45, 7) is 1.68. The van der Waals surface area contributed by atoms with Crippen LogP contribution in [-0.2, 0) is 6.42 Å². The largest absolute Gasteiger partial charge is 0.493 e. The SMILES string of the molecule is O=C(c1cccc2c1OCCC2)C1CCCN1. The fraction of sp³-hybridized carbons (Fsp3) is 0.500. The van der Waals surface area contributed by atoms with Crippen molar-refractivity contribution in [1.82, 2.24) is 5.32 Å². The smallest absolute Gasteiger partial charge is 0.183 e. The van der Waals surface area contributed by atoms with Gasteiger partial charge in [0.2, 0.25) is 0 Å². The van der Waals surface area contributed by atoms with Gasteiger partial charge in [-0.25, -0.2) is 0 Å². The van der Waals surface area contributed by atoms with Crippen LogP contribution in [0.4, 0.5) is 0 Å². The number of hydrogen-bond donors (Lipinski definition) is 1. The number of para-hydroxylation sites is 1. The lowest BCUT2D eigenvalue weighted by Crippen LogP contribution is -2.31. The highest BCUT2D eigenvalue weighted by atomic mass is 16.5. The first-order valence-corrected chi connectivity index (χ1v) is 6.38. The van der Waals surface area contributed by atoms with Gasteiger partial charge in [0.05, 0.1) is 18.2 Å². The molecule has 0 bridgehead atoms. The van der Waals surface area contributed by atoms with Gasteiger partial charge in [0, 0.05) is 0 Å². The Labute approximate surface area is 101 Å². The number of hydrogen-bond acceptors (Lipinski definition) is 3. The lowest BCUT2D eigenvalue weighted by Gasteiger charge is -2.21. The minimum atomic E-state index is -0.00738. The van der Waals surface area contributed by atoms with E-state index >= 15 is 0 Å². The van der Waals surface area contributed by atoms with Gasteiger partial charge in [-0.3, -0.25) is 4.79 Å². The van der Waals surface area contributed by atoms with Crippen molar-refractivity contribution >= 4 is 5.78 Å². The van der Waals surface area contributed by atoms with E-state index in [1.54, 1.807) is 0 Å². The van der Waals surface area contributed by atoms with E-state index in [1.165, 1.54) is 5.56 Å². The van der Waals surface area contributed by atoms with Crippen LogP contribution in [-0.4, -0.2) is 25.0 Å². The maximum Gasteiger partial charge on any atom is 0.183 e. The highest BCUT2D eigenvalue weighted by Crippen LogP contribution is 2.30. The normalized spacial score (nSPS) is 22.9. The lowest BCUT2D eigenvalue weighted by atomic mass is 9.96. The zero-order valence-corrected chi connectivity index (χ0v) is 9.87. The van der Waals surface area contributed by atoms with Crippen LogP contribution in [0, 0.1) is 0 Å². The standard InChI is InChI=1S/C14H17NO2/c16-13(12-7-2-8-15-12)11-6-1-4-10-5-3-9-17-14(10)11/h1,4,6,12,15H,2-3,5,7-9H2. The molecule has 0 aliphatic carbocycles. The molecule has 2 aliphatic heterocycles. The molecule has 1 aromatic carbocycles. The molecular weight excluding hydrogens is 214 g/mol. The molecule has 1 N–H and O–H groups in total. The van der Waals surface area contributed by atoms with E-state index in [0.717, 1.165) is 50.1 Å². The zero-order chi connectivity index (χ0) is 11.7.